The van der Waals surface area contributed by atoms with E-state index in [1.54, 1.807) is 19.3 Å². The largest absolute Gasteiger partial charge is 0.0845 e. The molecule has 5 aliphatic rings. The lowest BCUT2D eigenvalue weighted by Crippen LogP contribution is -2.45. The number of fused-ring (bicyclic) bond motifs is 12. The molecule has 4 saturated carbocycles. The highest BCUT2D eigenvalue weighted by Crippen LogP contribution is 2.78. The van der Waals surface area contributed by atoms with Crippen LogP contribution in [0.5, 0.6) is 0 Å². The van der Waals surface area contributed by atoms with Crippen molar-refractivity contribution in [1.29, 1.82) is 0 Å². The third-order valence-electron chi connectivity index (χ3n) is 8.12. The van der Waals surface area contributed by atoms with E-state index in [4.69, 9.17) is 0 Å². The lowest BCUT2D eigenvalue weighted by atomic mass is 9.54. The molecule has 4 bridgehead atoms. The number of rotatable bonds is 0. The van der Waals surface area contributed by atoms with Gasteiger partial charge in [-0.05, 0) is 72.0 Å². The summed E-state index contributed by atoms with van der Waals surface area (Å²) in [4.78, 5) is 0. The summed E-state index contributed by atoms with van der Waals surface area (Å²) in [5.41, 5.74) is 1.33. The quantitative estimate of drug-likeness (QED) is 0.428. The summed E-state index contributed by atoms with van der Waals surface area (Å²) in [6.07, 6.45) is 14.5. The van der Waals surface area contributed by atoms with Crippen LogP contribution in [0.25, 0.3) is 0 Å². The zero-order valence-electron chi connectivity index (χ0n) is 11.9. The Kier molecular flexibility index (Phi) is 1.70. The third-order valence-corrected chi connectivity index (χ3v) is 8.12. The maximum atomic E-state index is 2.69. The van der Waals surface area contributed by atoms with Gasteiger partial charge in [-0.25, -0.2) is 0 Å². The molecule has 0 heterocycles. The van der Waals surface area contributed by atoms with Gasteiger partial charge in [-0.2, -0.15) is 0 Å². The fourth-order valence-corrected chi connectivity index (χ4v) is 7.89. The highest BCUT2D eigenvalue weighted by Gasteiger charge is 2.72. The van der Waals surface area contributed by atoms with Crippen molar-refractivity contribution in [3.05, 3.63) is 12.2 Å². The van der Waals surface area contributed by atoms with Crippen LogP contribution in [0.3, 0.4) is 0 Å². The Morgan fingerprint density at radius 2 is 1.78 bits per heavy atom. The third kappa shape index (κ3) is 0.927. The van der Waals surface area contributed by atoms with Crippen LogP contribution in [0, 0.1) is 46.3 Å². The van der Waals surface area contributed by atoms with Crippen molar-refractivity contribution in [2.24, 2.45) is 46.3 Å². The SMILES string of the molecule is CC12C=CC(C1)C1C2C2CC1(C)C1CCCCC21. The Morgan fingerprint density at radius 1 is 0.944 bits per heavy atom. The van der Waals surface area contributed by atoms with Crippen LogP contribution in [-0.2, 0) is 0 Å². The van der Waals surface area contributed by atoms with Crippen molar-refractivity contribution in [3.63, 3.8) is 0 Å². The van der Waals surface area contributed by atoms with Gasteiger partial charge in [0.25, 0.3) is 0 Å². The topological polar surface area (TPSA) is 0 Å². The number of hydrogen-bond donors (Lipinski definition) is 0. The van der Waals surface area contributed by atoms with E-state index >= 15 is 0 Å². The van der Waals surface area contributed by atoms with Gasteiger partial charge in [0.05, 0.1) is 0 Å². The molecule has 4 fully saturated rings. The predicted octanol–water partition coefficient (Wildman–Crippen LogP) is 4.66. The van der Waals surface area contributed by atoms with Crippen molar-refractivity contribution in [1.82, 2.24) is 0 Å². The van der Waals surface area contributed by atoms with E-state index in [0.717, 1.165) is 40.9 Å². The molecule has 0 saturated heterocycles. The molecule has 18 heavy (non-hydrogen) atoms. The van der Waals surface area contributed by atoms with E-state index < -0.39 is 0 Å². The van der Waals surface area contributed by atoms with Gasteiger partial charge in [0.2, 0.25) is 0 Å². The normalized spacial score (nSPS) is 67.4. The maximum absolute atomic E-state index is 2.69. The Hall–Kier alpha value is -0.260. The first kappa shape index (κ1) is 10.5. The molecular weight excluding hydrogens is 216 g/mol. The minimum absolute atomic E-state index is 0.597. The van der Waals surface area contributed by atoms with E-state index in [1.807, 2.05) is 0 Å². The Balaban J connectivity index is 1.64. The van der Waals surface area contributed by atoms with E-state index in [-0.39, 0.29) is 0 Å². The average Bonchev–Trinajstić information content (AvgIpc) is 3.04. The van der Waals surface area contributed by atoms with Crippen LogP contribution in [0.2, 0.25) is 0 Å². The van der Waals surface area contributed by atoms with Gasteiger partial charge in [-0.15, -0.1) is 0 Å². The summed E-state index contributed by atoms with van der Waals surface area (Å²) in [6.45, 7) is 5.27. The molecule has 0 aliphatic heterocycles. The molecule has 0 spiro atoms. The lowest BCUT2D eigenvalue weighted by Gasteiger charge is -2.51. The van der Waals surface area contributed by atoms with Gasteiger partial charge in [0, 0.05) is 0 Å². The Labute approximate surface area is 111 Å². The van der Waals surface area contributed by atoms with Gasteiger partial charge in [0.1, 0.15) is 0 Å². The van der Waals surface area contributed by atoms with Gasteiger partial charge < -0.3 is 0 Å². The molecule has 0 radical (unpaired) electrons. The molecule has 5 aliphatic carbocycles. The molecular formula is C18H26. The monoisotopic (exact) mass is 242 g/mol. The van der Waals surface area contributed by atoms with Crippen LogP contribution in [0.15, 0.2) is 12.2 Å². The van der Waals surface area contributed by atoms with Crippen LogP contribution >= 0.6 is 0 Å². The standard InChI is InChI=1S/C18H26/c1-17-8-7-11(9-17)15-16(17)13-10-18(15,2)14-6-4-3-5-12(13)14/h7-8,11-16H,3-6,9-10H2,1-2H3. The summed E-state index contributed by atoms with van der Waals surface area (Å²) in [5, 5.41) is 0. The molecule has 8 unspecified atom stereocenters. The number of allylic oxidation sites excluding steroid dienone is 2. The first-order valence-corrected chi connectivity index (χ1v) is 8.33. The molecule has 0 nitrogen and oxygen atoms in total. The molecule has 0 aromatic rings. The van der Waals surface area contributed by atoms with Gasteiger partial charge in [-0.1, -0.05) is 38.8 Å². The van der Waals surface area contributed by atoms with Gasteiger partial charge >= 0.3 is 0 Å². The summed E-state index contributed by atoms with van der Waals surface area (Å²) >= 11 is 0. The maximum Gasteiger partial charge on any atom is -0.0107 e. The summed E-state index contributed by atoms with van der Waals surface area (Å²) in [6, 6.07) is 0. The fraction of sp³-hybridized carbons (Fsp3) is 0.889. The predicted molar refractivity (Wildman–Crippen MR) is 74.0 cm³/mol. The first-order valence-electron chi connectivity index (χ1n) is 8.33. The molecule has 0 N–H and O–H groups in total. The highest BCUT2D eigenvalue weighted by atomic mass is 14.8. The molecule has 0 aromatic heterocycles. The van der Waals surface area contributed by atoms with E-state index in [1.165, 1.54) is 19.3 Å². The van der Waals surface area contributed by atoms with Crippen molar-refractivity contribution < 1.29 is 0 Å². The molecule has 0 aromatic carbocycles. The van der Waals surface area contributed by atoms with Crippen LogP contribution < -0.4 is 0 Å². The second-order valence-electron chi connectivity index (χ2n) is 8.71. The van der Waals surface area contributed by atoms with Gasteiger partial charge in [-0.3, -0.25) is 0 Å². The van der Waals surface area contributed by atoms with Crippen LogP contribution in [0.1, 0.15) is 52.4 Å². The van der Waals surface area contributed by atoms with Gasteiger partial charge in [0.15, 0.2) is 0 Å². The molecule has 5 rings (SSSR count). The van der Waals surface area contributed by atoms with Crippen molar-refractivity contribution >= 4 is 0 Å². The van der Waals surface area contributed by atoms with Crippen molar-refractivity contribution in [3.8, 4) is 0 Å². The van der Waals surface area contributed by atoms with Crippen LogP contribution in [0.4, 0.5) is 0 Å². The van der Waals surface area contributed by atoms with Crippen molar-refractivity contribution in [2.45, 2.75) is 52.4 Å². The molecule has 98 valence electrons. The molecule has 0 heteroatoms. The zero-order valence-corrected chi connectivity index (χ0v) is 11.9. The minimum atomic E-state index is 0.597. The second-order valence-corrected chi connectivity index (χ2v) is 8.71. The van der Waals surface area contributed by atoms with E-state index in [2.05, 4.69) is 26.0 Å². The highest BCUT2D eigenvalue weighted by molar-refractivity contribution is 5.29. The zero-order chi connectivity index (χ0) is 12.1. The average molecular weight is 242 g/mol. The van der Waals surface area contributed by atoms with E-state index in [9.17, 15) is 0 Å². The smallest absolute Gasteiger partial charge is 0.0107 e. The van der Waals surface area contributed by atoms with Crippen LogP contribution in [-0.4, -0.2) is 0 Å². The first-order chi connectivity index (χ1) is 8.63. The van der Waals surface area contributed by atoms with Crippen molar-refractivity contribution in [2.75, 3.05) is 0 Å². The molecule has 8 atom stereocenters. The van der Waals surface area contributed by atoms with E-state index in [0.29, 0.717) is 5.41 Å². The fourth-order valence-electron chi connectivity index (χ4n) is 7.89. The minimum Gasteiger partial charge on any atom is -0.0845 e. The Bertz CT molecular complexity index is 435. The summed E-state index contributed by atoms with van der Waals surface area (Å²) in [5.74, 6) is 6.42. The second kappa shape index (κ2) is 2.91. The Morgan fingerprint density at radius 3 is 2.67 bits per heavy atom. The lowest BCUT2D eigenvalue weighted by molar-refractivity contribution is -0.0104. The summed E-state index contributed by atoms with van der Waals surface area (Å²) in [7, 11) is 0. The number of hydrogen-bond acceptors (Lipinski definition) is 0. The molecule has 0 amide bonds. The summed E-state index contributed by atoms with van der Waals surface area (Å²) < 4.78 is 0.